The fourth-order valence-electron chi connectivity index (χ4n) is 3.86. The van der Waals surface area contributed by atoms with Gasteiger partial charge in [0.2, 0.25) is 0 Å². The molecule has 1 amide bonds. The van der Waals surface area contributed by atoms with Crippen LogP contribution in [0.5, 0.6) is 0 Å². The maximum Gasteiger partial charge on any atom is 0.251 e. The van der Waals surface area contributed by atoms with Gasteiger partial charge in [-0.1, -0.05) is 49.7 Å². The van der Waals surface area contributed by atoms with Gasteiger partial charge >= 0.3 is 0 Å². The van der Waals surface area contributed by atoms with E-state index in [1.165, 1.54) is 55.6 Å². The Balaban J connectivity index is 1.45. The molecule has 0 saturated carbocycles. The lowest BCUT2D eigenvalue weighted by molar-refractivity contribution is 0.0952. The van der Waals surface area contributed by atoms with Crippen LogP contribution in [-0.2, 0) is 6.42 Å². The highest BCUT2D eigenvalue weighted by atomic mass is 16.1. The summed E-state index contributed by atoms with van der Waals surface area (Å²) in [4.78, 5) is 14.9. The van der Waals surface area contributed by atoms with Crippen LogP contribution in [0.3, 0.4) is 0 Å². The molecule has 2 aromatic rings. The van der Waals surface area contributed by atoms with Crippen LogP contribution in [0.15, 0.2) is 48.5 Å². The van der Waals surface area contributed by atoms with Crippen molar-refractivity contribution in [3.63, 3.8) is 0 Å². The number of nitrogens with one attached hydrogen (secondary N) is 1. The topological polar surface area (TPSA) is 32.3 Å². The van der Waals surface area contributed by atoms with Crippen LogP contribution in [0.2, 0.25) is 0 Å². The van der Waals surface area contributed by atoms with Crippen molar-refractivity contribution in [2.75, 3.05) is 26.2 Å². The number of carbonyl (C=O) groups is 1. The molecule has 0 aliphatic carbocycles. The first-order valence-corrected chi connectivity index (χ1v) is 10.5. The molecule has 2 aromatic carbocycles. The zero-order valence-electron chi connectivity index (χ0n) is 16.5. The first-order valence-electron chi connectivity index (χ1n) is 10.5. The van der Waals surface area contributed by atoms with Crippen LogP contribution in [0.4, 0.5) is 0 Å². The molecule has 1 aliphatic heterocycles. The first-order chi connectivity index (χ1) is 13.3. The van der Waals surface area contributed by atoms with Crippen molar-refractivity contribution in [1.82, 2.24) is 10.2 Å². The normalized spacial score (nSPS) is 14.9. The van der Waals surface area contributed by atoms with Gasteiger partial charge in [-0.3, -0.25) is 4.79 Å². The van der Waals surface area contributed by atoms with E-state index in [4.69, 9.17) is 0 Å². The quantitative estimate of drug-likeness (QED) is 0.675. The minimum Gasteiger partial charge on any atom is -0.352 e. The number of carbonyl (C=O) groups excluding carboxylic acids is 1. The van der Waals surface area contributed by atoms with Crippen molar-refractivity contribution in [3.05, 3.63) is 59.7 Å². The highest BCUT2D eigenvalue weighted by molar-refractivity contribution is 5.94. The number of piperidine rings is 1. The molecular weight excluding hydrogens is 332 g/mol. The summed E-state index contributed by atoms with van der Waals surface area (Å²) in [5.74, 6) is 0.0308. The number of aryl methyl sites for hydroxylation is 1. The van der Waals surface area contributed by atoms with Crippen LogP contribution >= 0.6 is 0 Å². The minimum atomic E-state index is 0.0308. The lowest BCUT2D eigenvalue weighted by Gasteiger charge is -2.26. The third-order valence-electron chi connectivity index (χ3n) is 5.49. The van der Waals surface area contributed by atoms with E-state index in [0.29, 0.717) is 0 Å². The van der Waals surface area contributed by atoms with Gasteiger partial charge in [-0.25, -0.2) is 0 Å². The SMILES string of the molecule is CCc1ccccc1-c1ccc(C(=O)NCCCCN2CCCCC2)cc1. The van der Waals surface area contributed by atoms with Crippen LogP contribution in [-0.4, -0.2) is 37.0 Å². The molecule has 1 N–H and O–H groups in total. The van der Waals surface area contributed by atoms with E-state index < -0.39 is 0 Å². The first kappa shape index (κ1) is 19.6. The molecule has 1 aliphatic rings. The van der Waals surface area contributed by atoms with Crippen molar-refractivity contribution in [1.29, 1.82) is 0 Å². The summed E-state index contributed by atoms with van der Waals surface area (Å²) in [6.07, 6.45) is 7.29. The summed E-state index contributed by atoms with van der Waals surface area (Å²) in [7, 11) is 0. The van der Waals surface area contributed by atoms with E-state index in [9.17, 15) is 4.79 Å². The highest BCUT2D eigenvalue weighted by Gasteiger charge is 2.10. The molecule has 1 fully saturated rings. The number of amides is 1. The second kappa shape index (κ2) is 10.3. The number of rotatable bonds is 8. The van der Waals surface area contributed by atoms with Crippen molar-refractivity contribution < 1.29 is 4.79 Å². The van der Waals surface area contributed by atoms with E-state index in [1.54, 1.807) is 0 Å². The Morgan fingerprint density at radius 1 is 0.963 bits per heavy atom. The molecule has 0 atom stereocenters. The highest BCUT2D eigenvalue weighted by Crippen LogP contribution is 2.24. The zero-order valence-corrected chi connectivity index (χ0v) is 16.5. The fourth-order valence-corrected chi connectivity index (χ4v) is 3.86. The largest absolute Gasteiger partial charge is 0.352 e. The predicted octanol–water partition coefficient (Wildman–Crippen LogP) is 4.91. The van der Waals surface area contributed by atoms with Crippen LogP contribution in [0.1, 0.15) is 54.9 Å². The third kappa shape index (κ3) is 5.67. The number of likely N-dealkylation sites (tertiary alicyclic amines) is 1. The molecule has 3 rings (SSSR count). The van der Waals surface area contributed by atoms with E-state index in [2.05, 4.69) is 53.5 Å². The van der Waals surface area contributed by atoms with Gasteiger partial charge in [0.05, 0.1) is 0 Å². The summed E-state index contributed by atoms with van der Waals surface area (Å²) in [6.45, 7) is 6.60. The van der Waals surface area contributed by atoms with Crippen molar-refractivity contribution >= 4 is 5.91 Å². The lowest BCUT2D eigenvalue weighted by Crippen LogP contribution is -2.31. The molecular formula is C24H32N2O. The molecule has 3 nitrogen and oxygen atoms in total. The molecule has 144 valence electrons. The predicted molar refractivity (Wildman–Crippen MR) is 113 cm³/mol. The molecule has 0 spiro atoms. The molecule has 1 saturated heterocycles. The van der Waals surface area contributed by atoms with E-state index in [1.807, 2.05) is 12.1 Å². The number of unbranched alkanes of at least 4 members (excludes halogenated alkanes) is 1. The Morgan fingerprint density at radius 3 is 2.44 bits per heavy atom. The molecule has 0 aromatic heterocycles. The molecule has 0 bridgehead atoms. The number of hydrogen-bond acceptors (Lipinski definition) is 2. The van der Waals surface area contributed by atoms with Crippen molar-refractivity contribution in [2.45, 2.75) is 45.4 Å². The zero-order chi connectivity index (χ0) is 18.9. The summed E-state index contributed by atoms with van der Waals surface area (Å²) in [5, 5.41) is 3.06. The number of nitrogens with zero attached hydrogens (tertiary/aromatic N) is 1. The molecule has 0 unspecified atom stereocenters. The van der Waals surface area contributed by atoms with Crippen molar-refractivity contribution in [3.8, 4) is 11.1 Å². The van der Waals surface area contributed by atoms with Gasteiger partial charge in [0.1, 0.15) is 0 Å². The fraction of sp³-hybridized carbons (Fsp3) is 0.458. The van der Waals surface area contributed by atoms with E-state index in [-0.39, 0.29) is 5.91 Å². The smallest absolute Gasteiger partial charge is 0.251 e. The Hall–Kier alpha value is -2.13. The van der Waals surface area contributed by atoms with E-state index in [0.717, 1.165) is 31.4 Å². The third-order valence-corrected chi connectivity index (χ3v) is 5.49. The Morgan fingerprint density at radius 2 is 1.70 bits per heavy atom. The summed E-state index contributed by atoms with van der Waals surface area (Å²) in [5.41, 5.74) is 4.50. The molecule has 3 heteroatoms. The molecule has 0 radical (unpaired) electrons. The van der Waals surface area contributed by atoms with Gasteiger partial charge in [0.25, 0.3) is 5.91 Å². The summed E-state index contributed by atoms with van der Waals surface area (Å²) >= 11 is 0. The van der Waals surface area contributed by atoms with E-state index >= 15 is 0 Å². The van der Waals surface area contributed by atoms with Gasteiger partial charge in [0, 0.05) is 12.1 Å². The average molecular weight is 365 g/mol. The maximum atomic E-state index is 12.4. The average Bonchev–Trinajstić information content (AvgIpc) is 2.74. The van der Waals surface area contributed by atoms with Gasteiger partial charge in [0.15, 0.2) is 0 Å². The number of hydrogen-bond donors (Lipinski definition) is 1. The van der Waals surface area contributed by atoms with Crippen LogP contribution < -0.4 is 5.32 Å². The molecule has 1 heterocycles. The Labute approximate surface area is 163 Å². The van der Waals surface area contributed by atoms with Gasteiger partial charge in [-0.05, 0) is 80.6 Å². The Bertz CT molecular complexity index is 717. The van der Waals surface area contributed by atoms with Gasteiger partial charge in [-0.15, -0.1) is 0 Å². The standard InChI is InChI=1S/C24H32N2O/c1-2-20-10-4-5-11-23(20)21-12-14-22(15-13-21)24(27)25-16-6-9-19-26-17-7-3-8-18-26/h4-5,10-15H,2-3,6-9,16-19H2,1H3,(H,25,27). The summed E-state index contributed by atoms with van der Waals surface area (Å²) in [6, 6.07) is 16.4. The molecule has 27 heavy (non-hydrogen) atoms. The maximum absolute atomic E-state index is 12.4. The number of benzene rings is 2. The van der Waals surface area contributed by atoms with Gasteiger partial charge in [-0.2, -0.15) is 0 Å². The second-order valence-corrected chi connectivity index (χ2v) is 7.45. The summed E-state index contributed by atoms with van der Waals surface area (Å²) < 4.78 is 0. The van der Waals surface area contributed by atoms with Gasteiger partial charge < -0.3 is 10.2 Å². The lowest BCUT2D eigenvalue weighted by atomic mass is 9.97. The van der Waals surface area contributed by atoms with Crippen LogP contribution in [0, 0.1) is 0 Å². The van der Waals surface area contributed by atoms with Crippen molar-refractivity contribution in [2.24, 2.45) is 0 Å². The monoisotopic (exact) mass is 364 g/mol. The minimum absolute atomic E-state index is 0.0308. The Kier molecular flexibility index (Phi) is 7.46. The second-order valence-electron chi connectivity index (χ2n) is 7.45. The van der Waals surface area contributed by atoms with Crippen LogP contribution in [0.25, 0.3) is 11.1 Å².